The van der Waals surface area contributed by atoms with E-state index in [2.05, 4.69) is 48.1 Å². The van der Waals surface area contributed by atoms with E-state index in [0.717, 1.165) is 16.5 Å². The lowest BCUT2D eigenvalue weighted by Crippen LogP contribution is -1.87. The zero-order valence-electron chi connectivity index (χ0n) is 9.47. The van der Waals surface area contributed by atoms with Crippen LogP contribution in [0.4, 0.5) is 0 Å². The van der Waals surface area contributed by atoms with Gasteiger partial charge in [0, 0.05) is 18.0 Å². The van der Waals surface area contributed by atoms with Crippen LogP contribution >= 0.6 is 11.8 Å². The van der Waals surface area contributed by atoms with E-state index in [1.807, 2.05) is 12.4 Å². The third-order valence-corrected chi connectivity index (χ3v) is 3.04. The average molecular weight is 230 g/mol. The lowest BCUT2D eigenvalue weighted by atomic mass is 10.1. The minimum atomic E-state index is 0.846. The molecule has 0 N–H and O–H groups in total. The van der Waals surface area contributed by atoms with Crippen molar-refractivity contribution < 1.29 is 0 Å². The molecule has 0 aliphatic rings. The van der Waals surface area contributed by atoms with Crippen molar-refractivity contribution >= 4 is 11.8 Å². The second kappa shape index (κ2) is 5.12. The number of benzene rings is 1. The molecular weight excluding hydrogens is 216 g/mol. The number of hydrogen-bond acceptors (Lipinski definition) is 3. The number of aromatic nitrogens is 2. The van der Waals surface area contributed by atoms with E-state index in [1.165, 1.54) is 11.1 Å². The fraction of sp³-hybridized carbons (Fsp3) is 0.231. The van der Waals surface area contributed by atoms with Crippen LogP contribution in [0.5, 0.6) is 0 Å². The Morgan fingerprint density at radius 1 is 1.00 bits per heavy atom. The van der Waals surface area contributed by atoms with Crippen molar-refractivity contribution in [3.63, 3.8) is 0 Å². The number of aryl methyl sites for hydroxylation is 1. The Kier molecular flexibility index (Phi) is 3.57. The molecule has 2 aromatic rings. The Morgan fingerprint density at radius 3 is 2.19 bits per heavy atom. The van der Waals surface area contributed by atoms with Crippen LogP contribution in [0, 0.1) is 6.92 Å². The van der Waals surface area contributed by atoms with E-state index < -0.39 is 0 Å². The maximum absolute atomic E-state index is 4.32. The summed E-state index contributed by atoms with van der Waals surface area (Å²) in [5, 5.41) is 0.846. The van der Waals surface area contributed by atoms with E-state index in [0.29, 0.717) is 0 Å². The smallest absolute Gasteiger partial charge is 0.187 e. The van der Waals surface area contributed by atoms with Crippen LogP contribution in [0.15, 0.2) is 41.8 Å². The molecule has 0 bridgehead atoms. The third kappa shape index (κ3) is 2.61. The SMILES string of the molecule is CCSc1ncc(-c2ccc(C)cc2)cn1. The van der Waals surface area contributed by atoms with Crippen LogP contribution in [0.2, 0.25) is 0 Å². The number of hydrogen-bond donors (Lipinski definition) is 0. The zero-order chi connectivity index (χ0) is 11.4. The van der Waals surface area contributed by atoms with E-state index in [4.69, 9.17) is 0 Å². The second-order valence-corrected chi connectivity index (χ2v) is 4.78. The second-order valence-electron chi connectivity index (χ2n) is 3.55. The van der Waals surface area contributed by atoms with Gasteiger partial charge < -0.3 is 0 Å². The maximum Gasteiger partial charge on any atom is 0.187 e. The van der Waals surface area contributed by atoms with Crippen molar-refractivity contribution in [2.75, 3.05) is 5.75 Å². The van der Waals surface area contributed by atoms with Gasteiger partial charge in [0.25, 0.3) is 0 Å². The predicted octanol–water partition coefficient (Wildman–Crippen LogP) is 3.56. The van der Waals surface area contributed by atoms with Gasteiger partial charge in [-0.2, -0.15) is 0 Å². The molecule has 1 aromatic carbocycles. The van der Waals surface area contributed by atoms with Gasteiger partial charge in [-0.3, -0.25) is 0 Å². The molecule has 0 aliphatic heterocycles. The van der Waals surface area contributed by atoms with Crippen molar-refractivity contribution in [3.8, 4) is 11.1 Å². The van der Waals surface area contributed by atoms with Gasteiger partial charge in [-0.25, -0.2) is 9.97 Å². The monoisotopic (exact) mass is 230 g/mol. The summed E-state index contributed by atoms with van der Waals surface area (Å²) in [5.41, 5.74) is 3.50. The summed E-state index contributed by atoms with van der Waals surface area (Å²) < 4.78 is 0. The normalized spacial score (nSPS) is 10.4. The summed E-state index contributed by atoms with van der Waals surface area (Å²) in [5.74, 6) is 1.00. The molecule has 0 fully saturated rings. The third-order valence-electron chi connectivity index (χ3n) is 2.29. The summed E-state index contributed by atoms with van der Waals surface area (Å²) in [4.78, 5) is 8.64. The molecule has 0 atom stereocenters. The lowest BCUT2D eigenvalue weighted by Gasteiger charge is -2.02. The summed E-state index contributed by atoms with van der Waals surface area (Å²) >= 11 is 1.66. The minimum absolute atomic E-state index is 0.846. The molecule has 0 radical (unpaired) electrons. The van der Waals surface area contributed by atoms with E-state index in [1.54, 1.807) is 11.8 Å². The largest absolute Gasteiger partial charge is 0.230 e. The first-order valence-corrected chi connectivity index (χ1v) is 6.30. The van der Waals surface area contributed by atoms with E-state index in [9.17, 15) is 0 Å². The first-order chi connectivity index (χ1) is 7.79. The first-order valence-electron chi connectivity index (χ1n) is 5.31. The van der Waals surface area contributed by atoms with Gasteiger partial charge in [-0.1, -0.05) is 48.5 Å². The molecule has 0 aliphatic carbocycles. The predicted molar refractivity (Wildman–Crippen MR) is 68.6 cm³/mol. The van der Waals surface area contributed by atoms with Crippen molar-refractivity contribution in [1.29, 1.82) is 0 Å². The topological polar surface area (TPSA) is 25.8 Å². The molecule has 0 unspecified atom stereocenters. The standard InChI is InChI=1S/C13H14N2S/c1-3-16-13-14-8-12(9-15-13)11-6-4-10(2)5-7-11/h4-9H,3H2,1-2H3. The number of thioether (sulfide) groups is 1. The molecule has 16 heavy (non-hydrogen) atoms. The molecular formula is C13H14N2S. The Hall–Kier alpha value is -1.35. The summed E-state index contributed by atoms with van der Waals surface area (Å²) in [6, 6.07) is 8.40. The average Bonchev–Trinajstić information content (AvgIpc) is 2.32. The Morgan fingerprint density at radius 2 is 1.62 bits per heavy atom. The Bertz CT molecular complexity index is 448. The lowest BCUT2D eigenvalue weighted by molar-refractivity contribution is 0.970. The number of rotatable bonds is 3. The van der Waals surface area contributed by atoms with Crippen LogP contribution in [0.1, 0.15) is 12.5 Å². The van der Waals surface area contributed by atoms with Crippen LogP contribution in [-0.4, -0.2) is 15.7 Å². The molecule has 0 saturated heterocycles. The Labute approximate surface area is 100 Å². The van der Waals surface area contributed by atoms with Crippen molar-refractivity contribution in [2.45, 2.75) is 19.0 Å². The highest BCUT2D eigenvalue weighted by Gasteiger charge is 1.99. The molecule has 1 heterocycles. The summed E-state index contributed by atoms with van der Waals surface area (Å²) in [6.07, 6.45) is 3.77. The highest BCUT2D eigenvalue weighted by Crippen LogP contribution is 2.19. The Balaban J connectivity index is 2.24. The van der Waals surface area contributed by atoms with Crippen molar-refractivity contribution in [1.82, 2.24) is 9.97 Å². The quantitative estimate of drug-likeness (QED) is 0.595. The molecule has 82 valence electrons. The highest BCUT2D eigenvalue weighted by atomic mass is 32.2. The number of nitrogens with zero attached hydrogens (tertiary/aromatic N) is 2. The van der Waals surface area contributed by atoms with Gasteiger partial charge in [-0.05, 0) is 18.2 Å². The fourth-order valence-corrected chi connectivity index (χ4v) is 1.93. The minimum Gasteiger partial charge on any atom is -0.230 e. The van der Waals surface area contributed by atoms with Crippen molar-refractivity contribution in [3.05, 3.63) is 42.2 Å². The highest BCUT2D eigenvalue weighted by molar-refractivity contribution is 7.99. The van der Waals surface area contributed by atoms with Crippen LogP contribution in [0.25, 0.3) is 11.1 Å². The van der Waals surface area contributed by atoms with Gasteiger partial charge in [0.2, 0.25) is 0 Å². The van der Waals surface area contributed by atoms with Crippen LogP contribution in [0.3, 0.4) is 0 Å². The zero-order valence-corrected chi connectivity index (χ0v) is 10.3. The van der Waals surface area contributed by atoms with Gasteiger partial charge >= 0.3 is 0 Å². The first kappa shape index (κ1) is 11.1. The van der Waals surface area contributed by atoms with Crippen LogP contribution in [-0.2, 0) is 0 Å². The van der Waals surface area contributed by atoms with Crippen molar-refractivity contribution in [2.24, 2.45) is 0 Å². The molecule has 0 spiro atoms. The summed E-state index contributed by atoms with van der Waals surface area (Å²) in [6.45, 7) is 4.18. The van der Waals surface area contributed by atoms with Gasteiger partial charge in [0.05, 0.1) is 0 Å². The fourth-order valence-electron chi connectivity index (χ4n) is 1.41. The van der Waals surface area contributed by atoms with E-state index in [-0.39, 0.29) is 0 Å². The molecule has 1 aromatic heterocycles. The molecule has 0 saturated carbocycles. The molecule has 2 rings (SSSR count). The summed E-state index contributed by atoms with van der Waals surface area (Å²) in [7, 11) is 0. The maximum atomic E-state index is 4.32. The molecule has 0 amide bonds. The van der Waals surface area contributed by atoms with Gasteiger partial charge in [0.15, 0.2) is 5.16 Å². The molecule has 2 nitrogen and oxygen atoms in total. The van der Waals surface area contributed by atoms with E-state index >= 15 is 0 Å². The van der Waals surface area contributed by atoms with Gasteiger partial charge in [-0.15, -0.1) is 0 Å². The van der Waals surface area contributed by atoms with Gasteiger partial charge in [0.1, 0.15) is 0 Å². The van der Waals surface area contributed by atoms with Crippen LogP contribution < -0.4 is 0 Å². The molecule has 3 heteroatoms.